The van der Waals surface area contributed by atoms with E-state index in [1.54, 1.807) is 0 Å². The third-order valence-electron chi connectivity index (χ3n) is 2.91. The highest BCUT2D eigenvalue weighted by Gasteiger charge is 2.32. The summed E-state index contributed by atoms with van der Waals surface area (Å²) in [6.07, 6.45) is 2.48. The Labute approximate surface area is 78.8 Å². The van der Waals surface area contributed by atoms with Gasteiger partial charge in [-0.1, -0.05) is 13.8 Å². The molecule has 1 saturated carbocycles. The summed E-state index contributed by atoms with van der Waals surface area (Å²) < 4.78 is 0. The Morgan fingerprint density at radius 1 is 1.62 bits per heavy atom. The van der Waals surface area contributed by atoms with Crippen molar-refractivity contribution in [3.05, 3.63) is 0 Å². The van der Waals surface area contributed by atoms with Gasteiger partial charge < -0.3 is 10.2 Å². The maximum absolute atomic E-state index is 10.4. The lowest BCUT2D eigenvalue weighted by molar-refractivity contribution is -0.147. The molecule has 2 unspecified atom stereocenters. The van der Waals surface area contributed by atoms with E-state index in [9.17, 15) is 4.79 Å². The van der Waals surface area contributed by atoms with Crippen LogP contribution in [0.5, 0.6) is 0 Å². The fraction of sp³-hybridized carbons (Fsp3) is 0.900. The summed E-state index contributed by atoms with van der Waals surface area (Å²) in [5.41, 5.74) is 0.336. The van der Waals surface area contributed by atoms with Crippen molar-refractivity contribution in [3.8, 4) is 0 Å². The Morgan fingerprint density at radius 3 is 2.62 bits per heavy atom. The van der Waals surface area contributed by atoms with Gasteiger partial charge in [0.25, 0.3) is 0 Å². The summed E-state index contributed by atoms with van der Waals surface area (Å²) in [4.78, 5) is 10.4. The summed E-state index contributed by atoms with van der Waals surface area (Å²) >= 11 is 0. The van der Waals surface area contributed by atoms with Crippen LogP contribution in [-0.4, -0.2) is 22.3 Å². The van der Waals surface area contributed by atoms with E-state index >= 15 is 0 Å². The van der Waals surface area contributed by atoms with Gasteiger partial charge in [0.1, 0.15) is 0 Å². The predicted molar refractivity (Wildman–Crippen MR) is 49.4 cm³/mol. The van der Waals surface area contributed by atoms with Crippen LogP contribution in [-0.2, 0) is 4.79 Å². The number of hydrogen-bond acceptors (Lipinski definition) is 2. The molecule has 1 fully saturated rings. The van der Waals surface area contributed by atoms with Crippen LogP contribution >= 0.6 is 0 Å². The van der Waals surface area contributed by atoms with Gasteiger partial charge in [0.05, 0.1) is 0 Å². The number of aliphatic carboxylic acids is 1. The minimum Gasteiger partial charge on any atom is -0.479 e. The second-order valence-electron chi connectivity index (χ2n) is 4.86. The summed E-state index contributed by atoms with van der Waals surface area (Å²) in [6, 6.07) is 0. The van der Waals surface area contributed by atoms with Gasteiger partial charge in [-0.15, -0.1) is 0 Å². The maximum atomic E-state index is 10.4. The molecule has 0 aromatic heterocycles. The molecular weight excluding hydrogens is 168 g/mol. The van der Waals surface area contributed by atoms with Gasteiger partial charge >= 0.3 is 5.97 Å². The first-order valence-electron chi connectivity index (χ1n) is 4.81. The monoisotopic (exact) mass is 186 g/mol. The highest BCUT2D eigenvalue weighted by atomic mass is 16.4. The van der Waals surface area contributed by atoms with Crippen LogP contribution < -0.4 is 0 Å². The minimum absolute atomic E-state index is 0.336. The second kappa shape index (κ2) is 3.66. The van der Waals surface area contributed by atoms with E-state index in [0.29, 0.717) is 17.8 Å². The first-order chi connectivity index (χ1) is 5.91. The predicted octanol–water partition coefficient (Wildman–Crippen LogP) is 1.65. The molecule has 3 heteroatoms. The molecule has 3 nitrogen and oxygen atoms in total. The van der Waals surface area contributed by atoms with Crippen LogP contribution in [0.4, 0.5) is 0 Å². The molecule has 0 spiro atoms. The van der Waals surface area contributed by atoms with Crippen molar-refractivity contribution < 1.29 is 15.0 Å². The van der Waals surface area contributed by atoms with Crippen LogP contribution in [0.3, 0.4) is 0 Å². The molecule has 0 aliphatic heterocycles. The summed E-state index contributed by atoms with van der Waals surface area (Å²) in [5, 5.41) is 17.7. The average Bonchev–Trinajstić information content (AvgIpc) is 2.30. The third-order valence-corrected chi connectivity index (χ3v) is 2.91. The zero-order valence-corrected chi connectivity index (χ0v) is 8.29. The van der Waals surface area contributed by atoms with Gasteiger partial charge in [-0.3, -0.25) is 0 Å². The van der Waals surface area contributed by atoms with E-state index in [1.165, 1.54) is 0 Å². The number of rotatable bonds is 3. The number of carboxylic acids is 1. The SMILES string of the molecule is CC1(C)CCC(CC(O)C(=O)O)C1. The van der Waals surface area contributed by atoms with Gasteiger partial charge in [-0.25, -0.2) is 4.79 Å². The van der Waals surface area contributed by atoms with Crippen LogP contribution in [0.1, 0.15) is 39.5 Å². The minimum atomic E-state index is -1.17. The third kappa shape index (κ3) is 2.99. The molecule has 0 radical (unpaired) electrons. The van der Waals surface area contributed by atoms with Crippen molar-refractivity contribution in [3.63, 3.8) is 0 Å². The van der Waals surface area contributed by atoms with E-state index in [4.69, 9.17) is 10.2 Å². The standard InChI is InChI=1S/C10H18O3/c1-10(2)4-3-7(6-10)5-8(11)9(12)13/h7-8,11H,3-6H2,1-2H3,(H,12,13). The van der Waals surface area contributed by atoms with Crippen molar-refractivity contribution in [2.75, 3.05) is 0 Å². The lowest BCUT2D eigenvalue weighted by Crippen LogP contribution is -2.22. The summed E-state index contributed by atoms with van der Waals surface area (Å²) in [5.74, 6) is -0.703. The molecule has 0 saturated heterocycles. The Bertz CT molecular complexity index is 198. The topological polar surface area (TPSA) is 57.5 Å². The molecule has 1 rings (SSSR count). The van der Waals surface area contributed by atoms with Crippen LogP contribution in [0.2, 0.25) is 0 Å². The maximum Gasteiger partial charge on any atom is 0.332 e. The van der Waals surface area contributed by atoms with Gasteiger partial charge in [0.2, 0.25) is 0 Å². The Hall–Kier alpha value is -0.570. The Balaban J connectivity index is 2.36. The molecule has 13 heavy (non-hydrogen) atoms. The normalized spacial score (nSPS) is 28.7. The molecule has 76 valence electrons. The van der Waals surface area contributed by atoms with E-state index in [2.05, 4.69) is 13.8 Å². The first-order valence-corrected chi connectivity index (χ1v) is 4.81. The highest BCUT2D eigenvalue weighted by Crippen LogP contribution is 2.42. The fourth-order valence-electron chi connectivity index (χ4n) is 2.20. The lowest BCUT2D eigenvalue weighted by atomic mass is 9.89. The largest absolute Gasteiger partial charge is 0.479 e. The number of hydrogen-bond donors (Lipinski definition) is 2. The molecule has 1 aliphatic carbocycles. The summed E-state index contributed by atoms with van der Waals surface area (Å²) in [7, 11) is 0. The van der Waals surface area contributed by atoms with Crippen LogP contribution in [0, 0.1) is 11.3 Å². The van der Waals surface area contributed by atoms with Gasteiger partial charge in [-0.2, -0.15) is 0 Å². The van der Waals surface area contributed by atoms with Crippen molar-refractivity contribution in [2.24, 2.45) is 11.3 Å². The first kappa shape index (κ1) is 10.5. The van der Waals surface area contributed by atoms with E-state index in [-0.39, 0.29) is 0 Å². The number of aliphatic hydroxyl groups is 1. The second-order valence-corrected chi connectivity index (χ2v) is 4.86. The summed E-state index contributed by atoms with van der Waals surface area (Å²) in [6.45, 7) is 4.39. The number of carbonyl (C=O) groups is 1. The quantitative estimate of drug-likeness (QED) is 0.704. The van der Waals surface area contributed by atoms with E-state index in [0.717, 1.165) is 19.3 Å². The molecule has 1 aliphatic rings. The van der Waals surface area contributed by atoms with Gasteiger partial charge in [0, 0.05) is 0 Å². The molecule has 0 aromatic rings. The van der Waals surface area contributed by atoms with Crippen molar-refractivity contribution in [1.82, 2.24) is 0 Å². The Kier molecular flexibility index (Phi) is 2.96. The molecule has 2 N–H and O–H groups in total. The molecule has 0 bridgehead atoms. The number of aliphatic hydroxyl groups excluding tert-OH is 1. The fourth-order valence-corrected chi connectivity index (χ4v) is 2.20. The van der Waals surface area contributed by atoms with E-state index < -0.39 is 12.1 Å². The molecule has 2 atom stereocenters. The Morgan fingerprint density at radius 2 is 2.23 bits per heavy atom. The molecule has 0 aromatic carbocycles. The molecular formula is C10H18O3. The molecule has 0 amide bonds. The van der Waals surface area contributed by atoms with Crippen molar-refractivity contribution in [1.29, 1.82) is 0 Å². The van der Waals surface area contributed by atoms with Crippen molar-refractivity contribution >= 4 is 5.97 Å². The van der Waals surface area contributed by atoms with Gasteiger partial charge in [0.15, 0.2) is 6.10 Å². The average molecular weight is 186 g/mol. The zero-order chi connectivity index (χ0) is 10.1. The van der Waals surface area contributed by atoms with Crippen LogP contribution in [0.25, 0.3) is 0 Å². The number of carboxylic acid groups (broad SMARTS) is 1. The zero-order valence-electron chi connectivity index (χ0n) is 8.29. The van der Waals surface area contributed by atoms with Crippen LogP contribution in [0.15, 0.2) is 0 Å². The smallest absolute Gasteiger partial charge is 0.332 e. The van der Waals surface area contributed by atoms with Crippen molar-refractivity contribution in [2.45, 2.75) is 45.6 Å². The lowest BCUT2D eigenvalue weighted by Gasteiger charge is -2.17. The van der Waals surface area contributed by atoms with Gasteiger partial charge in [-0.05, 0) is 37.0 Å². The van der Waals surface area contributed by atoms with E-state index in [1.807, 2.05) is 0 Å². The highest BCUT2D eigenvalue weighted by molar-refractivity contribution is 5.71. The molecule has 0 heterocycles.